The first-order valence-corrected chi connectivity index (χ1v) is 3.81. The van der Waals surface area contributed by atoms with Crippen molar-refractivity contribution in [3.63, 3.8) is 0 Å². The lowest BCUT2D eigenvalue weighted by Crippen LogP contribution is -2.24. The normalized spacial score (nSPS) is 42.7. The minimum Gasteiger partial charge on any atom is -0.374 e. The van der Waals surface area contributed by atoms with Crippen molar-refractivity contribution in [1.29, 1.82) is 0 Å². The molecule has 2 aliphatic rings. The Kier molecular flexibility index (Phi) is 1.44. The number of nitrogens with one attached hydrogen (secondary N) is 1. The van der Waals surface area contributed by atoms with Gasteiger partial charge in [0.25, 0.3) is 0 Å². The van der Waals surface area contributed by atoms with Gasteiger partial charge in [0.15, 0.2) is 0 Å². The summed E-state index contributed by atoms with van der Waals surface area (Å²) in [5, 5.41) is 3.35. The van der Waals surface area contributed by atoms with Crippen molar-refractivity contribution in [1.82, 2.24) is 5.32 Å². The molecule has 52 valence electrons. The Hall–Kier alpha value is -0.0800. The molecule has 1 N–H and O–H groups in total. The fourth-order valence-corrected chi connectivity index (χ4v) is 1.67. The van der Waals surface area contributed by atoms with E-state index in [0.717, 1.165) is 13.1 Å². The highest BCUT2D eigenvalue weighted by atomic mass is 16.5. The third kappa shape index (κ3) is 1.10. The van der Waals surface area contributed by atoms with E-state index in [9.17, 15) is 0 Å². The van der Waals surface area contributed by atoms with Crippen LogP contribution in [0.4, 0.5) is 0 Å². The Bertz CT molecular complexity index is 93.1. The zero-order valence-corrected chi connectivity index (χ0v) is 5.60. The first kappa shape index (κ1) is 5.69. The van der Waals surface area contributed by atoms with E-state index >= 15 is 0 Å². The molecule has 0 saturated carbocycles. The van der Waals surface area contributed by atoms with Crippen molar-refractivity contribution in [3.8, 4) is 0 Å². The summed E-state index contributed by atoms with van der Waals surface area (Å²) in [6, 6.07) is 0. The lowest BCUT2D eigenvalue weighted by Gasteiger charge is -2.05. The van der Waals surface area contributed by atoms with Gasteiger partial charge in [-0.2, -0.15) is 0 Å². The maximum Gasteiger partial charge on any atom is 0.0704 e. The maximum absolute atomic E-state index is 5.66. The Morgan fingerprint density at radius 3 is 3.00 bits per heavy atom. The molecule has 2 bridgehead atoms. The summed E-state index contributed by atoms with van der Waals surface area (Å²) in [6.07, 6.45) is 4.92. The Morgan fingerprint density at radius 1 is 1.11 bits per heavy atom. The molecule has 0 aromatic carbocycles. The van der Waals surface area contributed by atoms with Crippen LogP contribution in [0, 0.1) is 0 Å². The van der Waals surface area contributed by atoms with E-state index in [1.165, 1.54) is 19.3 Å². The van der Waals surface area contributed by atoms with Crippen LogP contribution in [0.2, 0.25) is 0 Å². The lowest BCUT2D eigenvalue weighted by atomic mass is 10.1. The standard InChI is InChI=1S/C7H13NO/c1-2-7-5-8-4-3-6(1)9-7/h6-8H,1-5H2/t6-,7+/m0/s1. The SMILES string of the molecule is C1C[C@@H]2CC[C@H](CN1)O2. The van der Waals surface area contributed by atoms with E-state index in [2.05, 4.69) is 5.32 Å². The van der Waals surface area contributed by atoms with Gasteiger partial charge in [0.1, 0.15) is 0 Å². The van der Waals surface area contributed by atoms with Crippen LogP contribution in [-0.4, -0.2) is 25.3 Å². The second kappa shape index (κ2) is 2.27. The van der Waals surface area contributed by atoms with Crippen LogP contribution in [-0.2, 0) is 4.74 Å². The summed E-state index contributed by atoms with van der Waals surface area (Å²) in [6.45, 7) is 2.23. The van der Waals surface area contributed by atoms with E-state index < -0.39 is 0 Å². The van der Waals surface area contributed by atoms with Crippen LogP contribution < -0.4 is 5.32 Å². The summed E-state index contributed by atoms with van der Waals surface area (Å²) >= 11 is 0. The first-order chi connectivity index (χ1) is 4.45. The van der Waals surface area contributed by atoms with Gasteiger partial charge in [-0.15, -0.1) is 0 Å². The van der Waals surface area contributed by atoms with Gasteiger partial charge in [0.05, 0.1) is 12.2 Å². The van der Waals surface area contributed by atoms with Crippen LogP contribution >= 0.6 is 0 Å². The molecule has 2 heterocycles. The number of hydrogen-bond acceptors (Lipinski definition) is 2. The van der Waals surface area contributed by atoms with Crippen LogP contribution in [0.3, 0.4) is 0 Å². The highest BCUT2D eigenvalue weighted by Gasteiger charge is 2.26. The van der Waals surface area contributed by atoms with Crippen molar-refractivity contribution in [2.24, 2.45) is 0 Å². The summed E-state index contributed by atoms with van der Waals surface area (Å²) in [5.41, 5.74) is 0. The molecule has 0 aliphatic carbocycles. The van der Waals surface area contributed by atoms with Crippen molar-refractivity contribution >= 4 is 0 Å². The van der Waals surface area contributed by atoms with Gasteiger partial charge >= 0.3 is 0 Å². The number of ether oxygens (including phenoxy) is 1. The zero-order valence-electron chi connectivity index (χ0n) is 5.60. The van der Waals surface area contributed by atoms with Crippen molar-refractivity contribution in [3.05, 3.63) is 0 Å². The summed E-state index contributed by atoms with van der Waals surface area (Å²) in [5.74, 6) is 0. The predicted molar refractivity (Wildman–Crippen MR) is 35.4 cm³/mol. The van der Waals surface area contributed by atoms with E-state index in [1.54, 1.807) is 0 Å². The molecular formula is C7H13NO. The number of rotatable bonds is 0. The van der Waals surface area contributed by atoms with Crippen molar-refractivity contribution in [2.75, 3.05) is 13.1 Å². The molecule has 0 unspecified atom stereocenters. The highest BCUT2D eigenvalue weighted by Crippen LogP contribution is 2.22. The van der Waals surface area contributed by atoms with E-state index in [-0.39, 0.29) is 0 Å². The monoisotopic (exact) mass is 127 g/mol. The summed E-state index contributed by atoms with van der Waals surface area (Å²) in [4.78, 5) is 0. The molecule has 2 saturated heterocycles. The van der Waals surface area contributed by atoms with E-state index in [4.69, 9.17) is 4.74 Å². The minimum absolute atomic E-state index is 0.539. The van der Waals surface area contributed by atoms with Gasteiger partial charge < -0.3 is 10.1 Å². The molecule has 2 heteroatoms. The Labute approximate surface area is 55.6 Å². The smallest absolute Gasteiger partial charge is 0.0704 e. The van der Waals surface area contributed by atoms with E-state index in [1.807, 2.05) is 0 Å². The van der Waals surface area contributed by atoms with E-state index in [0.29, 0.717) is 12.2 Å². The Balaban J connectivity index is 1.99. The van der Waals surface area contributed by atoms with Gasteiger partial charge in [0, 0.05) is 6.54 Å². The largest absolute Gasteiger partial charge is 0.374 e. The average Bonchev–Trinajstić information content (AvgIpc) is 2.09. The van der Waals surface area contributed by atoms with Gasteiger partial charge in [0.2, 0.25) is 0 Å². The zero-order chi connectivity index (χ0) is 6.10. The molecule has 0 radical (unpaired) electrons. The third-order valence-electron chi connectivity index (χ3n) is 2.21. The van der Waals surface area contributed by atoms with Crippen molar-refractivity contribution < 1.29 is 4.74 Å². The second-order valence-electron chi connectivity index (χ2n) is 2.95. The maximum atomic E-state index is 5.66. The van der Waals surface area contributed by atoms with Crippen molar-refractivity contribution in [2.45, 2.75) is 31.5 Å². The molecule has 2 rings (SSSR count). The highest BCUT2D eigenvalue weighted by molar-refractivity contribution is 4.79. The second-order valence-corrected chi connectivity index (χ2v) is 2.95. The van der Waals surface area contributed by atoms with Crippen LogP contribution in [0.25, 0.3) is 0 Å². The molecule has 2 nitrogen and oxygen atoms in total. The topological polar surface area (TPSA) is 21.3 Å². The predicted octanol–water partition coefficient (Wildman–Crippen LogP) is 0.527. The average molecular weight is 127 g/mol. The number of fused-ring (bicyclic) bond motifs is 2. The molecule has 9 heavy (non-hydrogen) atoms. The molecule has 2 aliphatic heterocycles. The van der Waals surface area contributed by atoms with Crippen LogP contribution in [0.15, 0.2) is 0 Å². The molecule has 0 amide bonds. The molecule has 0 aromatic heterocycles. The van der Waals surface area contributed by atoms with Gasteiger partial charge in [-0.25, -0.2) is 0 Å². The molecular weight excluding hydrogens is 114 g/mol. The van der Waals surface area contributed by atoms with Crippen LogP contribution in [0.1, 0.15) is 19.3 Å². The first-order valence-electron chi connectivity index (χ1n) is 3.81. The molecule has 2 atom stereocenters. The Morgan fingerprint density at radius 2 is 2.00 bits per heavy atom. The third-order valence-corrected chi connectivity index (χ3v) is 2.21. The minimum atomic E-state index is 0.539. The molecule has 0 spiro atoms. The van der Waals surface area contributed by atoms with Gasteiger partial charge in [-0.3, -0.25) is 0 Å². The quantitative estimate of drug-likeness (QED) is 0.512. The molecule has 2 fully saturated rings. The molecule has 0 aromatic rings. The van der Waals surface area contributed by atoms with Gasteiger partial charge in [-0.1, -0.05) is 0 Å². The number of hydrogen-bond donors (Lipinski definition) is 1. The van der Waals surface area contributed by atoms with Crippen LogP contribution in [0.5, 0.6) is 0 Å². The summed E-state index contributed by atoms with van der Waals surface area (Å²) < 4.78 is 5.66. The summed E-state index contributed by atoms with van der Waals surface area (Å²) in [7, 11) is 0. The van der Waals surface area contributed by atoms with Gasteiger partial charge in [-0.05, 0) is 25.8 Å². The lowest BCUT2D eigenvalue weighted by molar-refractivity contribution is 0.0571. The fourth-order valence-electron chi connectivity index (χ4n) is 1.67. The fraction of sp³-hybridized carbons (Fsp3) is 1.00.